The minimum Gasteiger partial charge on any atom is -0.480 e. The second kappa shape index (κ2) is 7.47. The van der Waals surface area contributed by atoms with E-state index in [1.165, 1.54) is 0 Å². The molecular formula is C21H28N6O2S. The van der Waals surface area contributed by atoms with Crippen molar-refractivity contribution in [3.8, 4) is 17.1 Å². The Bertz CT molecular complexity index is 1060. The van der Waals surface area contributed by atoms with Crippen LogP contribution in [0.2, 0.25) is 0 Å². The smallest absolute Gasteiger partial charge is 0.222 e. The molecule has 3 aromatic heterocycles. The number of aromatic nitrogens is 4. The van der Waals surface area contributed by atoms with Crippen LogP contribution in [0.5, 0.6) is 5.88 Å². The summed E-state index contributed by atoms with van der Waals surface area (Å²) in [6, 6.07) is 4.12. The van der Waals surface area contributed by atoms with E-state index in [-0.39, 0.29) is 12.1 Å². The Labute approximate surface area is 179 Å². The summed E-state index contributed by atoms with van der Waals surface area (Å²) < 4.78 is 7.46. The monoisotopic (exact) mass is 428 g/mol. The van der Waals surface area contributed by atoms with Gasteiger partial charge < -0.3 is 20.5 Å². The van der Waals surface area contributed by atoms with E-state index in [1.807, 2.05) is 22.8 Å². The number of methoxy groups -OCH3 is 1. The zero-order chi connectivity index (χ0) is 21.0. The van der Waals surface area contributed by atoms with Crippen molar-refractivity contribution in [1.29, 1.82) is 0 Å². The summed E-state index contributed by atoms with van der Waals surface area (Å²) >= 11 is 1.58. The van der Waals surface area contributed by atoms with Gasteiger partial charge in [-0.3, -0.25) is 0 Å². The average molecular weight is 429 g/mol. The van der Waals surface area contributed by atoms with Crippen LogP contribution >= 0.6 is 11.3 Å². The maximum absolute atomic E-state index is 10.1. The van der Waals surface area contributed by atoms with Gasteiger partial charge in [-0.25, -0.2) is 14.5 Å². The highest BCUT2D eigenvalue weighted by atomic mass is 32.1. The van der Waals surface area contributed by atoms with Crippen LogP contribution < -0.4 is 15.4 Å². The molecule has 9 heteroatoms. The number of hydrogen-bond acceptors (Lipinski definition) is 8. The molecule has 30 heavy (non-hydrogen) atoms. The second-order valence-electron chi connectivity index (χ2n) is 8.79. The first-order chi connectivity index (χ1) is 14.4. The minimum absolute atomic E-state index is 0.0539. The zero-order valence-electron chi connectivity index (χ0n) is 17.5. The summed E-state index contributed by atoms with van der Waals surface area (Å²) in [5, 5.41) is 15.9. The number of rotatable bonds is 4. The van der Waals surface area contributed by atoms with E-state index >= 15 is 0 Å². The van der Waals surface area contributed by atoms with Gasteiger partial charge in [0.2, 0.25) is 16.0 Å². The first kappa shape index (κ1) is 19.7. The average Bonchev–Trinajstić information content (AvgIpc) is 3.40. The zero-order valence-corrected chi connectivity index (χ0v) is 18.3. The molecule has 0 amide bonds. The predicted molar refractivity (Wildman–Crippen MR) is 117 cm³/mol. The summed E-state index contributed by atoms with van der Waals surface area (Å²) in [5.74, 6) is 1.75. The van der Waals surface area contributed by atoms with Gasteiger partial charge in [0.05, 0.1) is 30.7 Å². The number of aliphatic hydroxyl groups is 1. The molecule has 1 saturated heterocycles. The molecule has 3 N–H and O–H groups in total. The lowest BCUT2D eigenvalue weighted by Gasteiger charge is -2.33. The SMILES string of the molecule is COc1nc(C(C)C)ccc1-c1cnc2sc(N3C[C@H]4C[C@@H](O)CC(N)[C@H]4C3)nn12. The van der Waals surface area contributed by atoms with Crippen molar-refractivity contribution in [1.82, 2.24) is 19.6 Å². The van der Waals surface area contributed by atoms with Crippen molar-refractivity contribution < 1.29 is 9.84 Å². The lowest BCUT2D eigenvalue weighted by molar-refractivity contribution is 0.0736. The van der Waals surface area contributed by atoms with Crippen molar-refractivity contribution in [3.05, 3.63) is 24.0 Å². The van der Waals surface area contributed by atoms with Crippen LogP contribution in [0.25, 0.3) is 16.2 Å². The maximum atomic E-state index is 10.1. The fourth-order valence-electron chi connectivity index (χ4n) is 4.84. The van der Waals surface area contributed by atoms with Gasteiger partial charge in [0.15, 0.2) is 0 Å². The first-order valence-electron chi connectivity index (χ1n) is 10.5. The number of ether oxygens (including phenoxy) is 1. The summed E-state index contributed by atoms with van der Waals surface area (Å²) in [6.07, 6.45) is 3.07. The third kappa shape index (κ3) is 3.25. The van der Waals surface area contributed by atoms with Crippen molar-refractivity contribution >= 4 is 21.4 Å². The number of pyridine rings is 1. The first-order valence-corrected chi connectivity index (χ1v) is 11.3. The summed E-state index contributed by atoms with van der Waals surface area (Å²) in [4.78, 5) is 12.4. The summed E-state index contributed by atoms with van der Waals surface area (Å²) in [7, 11) is 1.64. The highest BCUT2D eigenvalue weighted by Gasteiger charge is 2.42. The second-order valence-corrected chi connectivity index (χ2v) is 9.72. The van der Waals surface area contributed by atoms with Crippen LogP contribution in [0.4, 0.5) is 5.13 Å². The third-order valence-electron chi connectivity index (χ3n) is 6.45. The molecule has 0 spiro atoms. The number of fused-ring (bicyclic) bond motifs is 2. The van der Waals surface area contributed by atoms with Gasteiger partial charge in [-0.05, 0) is 42.7 Å². The number of hydrogen-bond donors (Lipinski definition) is 2. The fraction of sp³-hybridized carbons (Fsp3) is 0.571. The Morgan fingerprint density at radius 2 is 2.10 bits per heavy atom. The lowest BCUT2D eigenvalue weighted by Crippen LogP contribution is -2.43. The summed E-state index contributed by atoms with van der Waals surface area (Å²) in [6.45, 7) is 6.00. The summed E-state index contributed by atoms with van der Waals surface area (Å²) in [5.41, 5.74) is 9.08. The van der Waals surface area contributed by atoms with Gasteiger partial charge in [-0.2, -0.15) is 0 Å². The van der Waals surface area contributed by atoms with Crippen molar-refractivity contribution in [3.63, 3.8) is 0 Å². The largest absolute Gasteiger partial charge is 0.480 e. The van der Waals surface area contributed by atoms with Crippen molar-refractivity contribution in [2.75, 3.05) is 25.1 Å². The maximum Gasteiger partial charge on any atom is 0.222 e. The Morgan fingerprint density at radius 1 is 1.27 bits per heavy atom. The molecule has 1 aliphatic carbocycles. The van der Waals surface area contributed by atoms with Crippen LogP contribution in [0.15, 0.2) is 18.3 Å². The van der Waals surface area contributed by atoms with Gasteiger partial charge >= 0.3 is 0 Å². The van der Waals surface area contributed by atoms with E-state index in [0.29, 0.717) is 30.1 Å². The molecule has 1 saturated carbocycles. The Balaban J connectivity index is 1.47. The molecule has 0 aromatic carbocycles. The highest BCUT2D eigenvalue weighted by Crippen LogP contribution is 2.40. The van der Waals surface area contributed by atoms with Crippen molar-refractivity contribution in [2.24, 2.45) is 17.6 Å². The Morgan fingerprint density at radius 3 is 2.87 bits per heavy atom. The van der Waals surface area contributed by atoms with E-state index in [0.717, 1.165) is 46.6 Å². The van der Waals surface area contributed by atoms with Crippen LogP contribution in [0.3, 0.4) is 0 Å². The van der Waals surface area contributed by atoms with E-state index in [2.05, 4.69) is 28.7 Å². The normalized spacial score (nSPS) is 26.5. The van der Waals surface area contributed by atoms with E-state index in [1.54, 1.807) is 18.4 Å². The van der Waals surface area contributed by atoms with Gasteiger partial charge in [0.1, 0.15) is 0 Å². The van der Waals surface area contributed by atoms with Gasteiger partial charge in [0.25, 0.3) is 0 Å². The Kier molecular flexibility index (Phi) is 4.91. The molecule has 160 valence electrons. The number of aliphatic hydroxyl groups excluding tert-OH is 1. The Hall–Kier alpha value is -2.23. The number of nitrogens with two attached hydrogens (primary N) is 1. The highest BCUT2D eigenvalue weighted by molar-refractivity contribution is 7.20. The molecule has 3 aromatic rings. The molecule has 2 aliphatic rings. The quantitative estimate of drug-likeness (QED) is 0.658. The van der Waals surface area contributed by atoms with Crippen LogP contribution in [0.1, 0.15) is 38.3 Å². The van der Waals surface area contributed by atoms with Gasteiger partial charge in [0, 0.05) is 24.8 Å². The standard InChI is InChI=1S/C21H28N6O2S/c1-11(2)17-5-4-14(19(24-17)29-3)18-8-23-20-27(18)25-21(30-20)26-9-12-6-13(28)7-16(22)15(12)10-26/h4-5,8,11-13,15-16,28H,6-7,9-10,22H2,1-3H3/t12-,13-,15+,16?/m1/s1. The van der Waals surface area contributed by atoms with Crippen LogP contribution in [-0.2, 0) is 0 Å². The number of imidazole rings is 1. The molecular weight excluding hydrogens is 400 g/mol. The fourth-order valence-corrected chi connectivity index (χ4v) is 5.74. The molecule has 0 radical (unpaired) electrons. The molecule has 1 aliphatic heterocycles. The molecule has 4 atom stereocenters. The van der Waals surface area contributed by atoms with Crippen molar-refractivity contribution in [2.45, 2.75) is 44.8 Å². The molecule has 2 fully saturated rings. The van der Waals surface area contributed by atoms with Gasteiger partial charge in [-0.1, -0.05) is 25.2 Å². The molecule has 8 nitrogen and oxygen atoms in total. The number of anilines is 1. The van der Waals surface area contributed by atoms with E-state index in [4.69, 9.17) is 15.6 Å². The lowest BCUT2D eigenvalue weighted by atomic mass is 9.77. The van der Waals surface area contributed by atoms with Crippen LogP contribution in [0, 0.1) is 11.8 Å². The number of nitrogens with zero attached hydrogens (tertiary/aromatic N) is 5. The molecule has 0 bridgehead atoms. The van der Waals surface area contributed by atoms with Gasteiger partial charge in [-0.15, -0.1) is 5.10 Å². The molecule has 1 unspecified atom stereocenters. The minimum atomic E-state index is -0.282. The van der Waals surface area contributed by atoms with E-state index < -0.39 is 0 Å². The van der Waals surface area contributed by atoms with Crippen LogP contribution in [-0.4, -0.2) is 57.0 Å². The van der Waals surface area contributed by atoms with E-state index in [9.17, 15) is 5.11 Å². The molecule has 5 rings (SSSR count). The molecule has 4 heterocycles. The predicted octanol–water partition coefficient (Wildman–Crippen LogP) is 2.52. The third-order valence-corrected chi connectivity index (χ3v) is 7.43. The topological polar surface area (TPSA) is 102 Å².